The number of fused-ring (bicyclic) bond motifs is 1. The molecule has 0 saturated carbocycles. The third-order valence-corrected chi connectivity index (χ3v) is 6.27. The van der Waals surface area contributed by atoms with E-state index in [2.05, 4.69) is 4.98 Å². The summed E-state index contributed by atoms with van der Waals surface area (Å²) in [5.74, 6) is 2.43. The van der Waals surface area contributed by atoms with Crippen LogP contribution in [0.4, 0.5) is 0 Å². The van der Waals surface area contributed by atoms with E-state index in [1.165, 1.54) is 11.8 Å². The number of rotatable bonds is 7. The van der Waals surface area contributed by atoms with Crippen molar-refractivity contribution in [1.29, 1.82) is 0 Å². The van der Waals surface area contributed by atoms with Crippen LogP contribution in [0.25, 0.3) is 28.0 Å². The summed E-state index contributed by atoms with van der Waals surface area (Å²) in [6.45, 7) is 0. The van der Waals surface area contributed by atoms with Crippen LogP contribution in [0, 0.1) is 0 Å². The van der Waals surface area contributed by atoms with E-state index in [0.29, 0.717) is 39.1 Å². The number of hydrogen-bond acceptors (Lipinski definition) is 7. The van der Waals surface area contributed by atoms with Crippen molar-refractivity contribution in [3.05, 3.63) is 95.1 Å². The number of benzene rings is 3. The molecule has 0 amide bonds. The Balaban J connectivity index is 1.49. The van der Waals surface area contributed by atoms with Gasteiger partial charge >= 0.3 is 0 Å². The molecular formula is C26H21N3O4S. The van der Waals surface area contributed by atoms with Crippen molar-refractivity contribution in [2.75, 3.05) is 14.2 Å². The third kappa shape index (κ3) is 4.27. The molecule has 2 aromatic heterocycles. The second-order valence-corrected chi connectivity index (χ2v) is 8.36. The first kappa shape index (κ1) is 21.8. The fourth-order valence-corrected chi connectivity index (χ4v) is 4.45. The average Bonchev–Trinajstić information content (AvgIpc) is 3.37. The van der Waals surface area contributed by atoms with Crippen LogP contribution in [0.5, 0.6) is 11.5 Å². The largest absolute Gasteiger partial charge is 0.497 e. The van der Waals surface area contributed by atoms with Crippen LogP contribution in [-0.4, -0.2) is 28.8 Å². The van der Waals surface area contributed by atoms with Gasteiger partial charge in [-0.3, -0.25) is 9.36 Å². The monoisotopic (exact) mass is 471 g/mol. The highest BCUT2D eigenvalue weighted by Crippen LogP contribution is 2.28. The van der Waals surface area contributed by atoms with Crippen molar-refractivity contribution in [3.63, 3.8) is 0 Å². The summed E-state index contributed by atoms with van der Waals surface area (Å²) in [4.78, 5) is 22.8. The Bertz CT molecular complexity index is 1510. The summed E-state index contributed by atoms with van der Waals surface area (Å²) in [7, 11) is 3.22. The van der Waals surface area contributed by atoms with E-state index in [1.807, 2.05) is 66.7 Å². The average molecular weight is 472 g/mol. The van der Waals surface area contributed by atoms with Crippen molar-refractivity contribution < 1.29 is 13.9 Å². The highest BCUT2D eigenvalue weighted by Gasteiger charge is 2.15. The Morgan fingerprint density at radius 2 is 1.71 bits per heavy atom. The highest BCUT2D eigenvalue weighted by atomic mass is 32.2. The second-order valence-electron chi connectivity index (χ2n) is 7.41. The quantitative estimate of drug-likeness (QED) is 0.234. The lowest BCUT2D eigenvalue weighted by molar-refractivity contribution is 0.414. The van der Waals surface area contributed by atoms with Crippen LogP contribution >= 0.6 is 11.8 Å². The first-order valence-corrected chi connectivity index (χ1v) is 11.5. The normalized spacial score (nSPS) is 11.0. The summed E-state index contributed by atoms with van der Waals surface area (Å²) in [6, 6.07) is 22.2. The van der Waals surface area contributed by atoms with Gasteiger partial charge in [-0.2, -0.15) is 0 Å². The minimum absolute atomic E-state index is 0.138. The Labute approximate surface area is 200 Å². The summed E-state index contributed by atoms with van der Waals surface area (Å²) in [5, 5.41) is 1.11. The molecule has 0 aliphatic heterocycles. The van der Waals surface area contributed by atoms with Crippen LogP contribution < -0.4 is 15.0 Å². The molecule has 0 N–H and O–H groups in total. The molecule has 0 aliphatic carbocycles. The summed E-state index contributed by atoms with van der Waals surface area (Å²) >= 11 is 1.42. The molecule has 0 atom stereocenters. The third-order valence-electron chi connectivity index (χ3n) is 5.29. The second kappa shape index (κ2) is 9.44. The van der Waals surface area contributed by atoms with Crippen molar-refractivity contribution in [1.82, 2.24) is 14.5 Å². The van der Waals surface area contributed by atoms with Crippen LogP contribution in [-0.2, 0) is 5.75 Å². The number of nitrogens with zero attached hydrogens (tertiary/aromatic N) is 3. The number of ether oxygens (including phenoxy) is 2. The smallest absolute Gasteiger partial charge is 0.266 e. The lowest BCUT2D eigenvalue weighted by atomic mass is 10.2. The summed E-state index contributed by atoms with van der Waals surface area (Å²) < 4.78 is 17.9. The first-order chi connectivity index (χ1) is 16.7. The molecule has 5 aromatic rings. The van der Waals surface area contributed by atoms with E-state index in [1.54, 1.807) is 31.1 Å². The van der Waals surface area contributed by atoms with Gasteiger partial charge in [0.05, 0.1) is 36.5 Å². The van der Waals surface area contributed by atoms with E-state index in [9.17, 15) is 4.79 Å². The van der Waals surface area contributed by atoms with Crippen LogP contribution in [0.3, 0.4) is 0 Å². The lowest BCUT2D eigenvalue weighted by Gasteiger charge is -2.13. The minimum Gasteiger partial charge on any atom is -0.497 e. The zero-order valence-electron chi connectivity index (χ0n) is 18.6. The van der Waals surface area contributed by atoms with Gasteiger partial charge in [0.15, 0.2) is 5.16 Å². The summed E-state index contributed by atoms with van der Waals surface area (Å²) in [5.41, 5.74) is 2.79. The zero-order chi connectivity index (χ0) is 23.5. The molecule has 5 rings (SSSR count). The van der Waals surface area contributed by atoms with Gasteiger partial charge in [-0.15, -0.1) is 0 Å². The zero-order valence-corrected chi connectivity index (χ0v) is 19.4. The van der Waals surface area contributed by atoms with Crippen molar-refractivity contribution in [2.24, 2.45) is 0 Å². The van der Waals surface area contributed by atoms with Crippen LogP contribution in [0.15, 0.2) is 93.4 Å². The van der Waals surface area contributed by atoms with Gasteiger partial charge in [0.25, 0.3) is 5.56 Å². The molecule has 7 nitrogen and oxygen atoms in total. The fraction of sp³-hybridized carbons (Fsp3) is 0.115. The topological polar surface area (TPSA) is 79.4 Å². The van der Waals surface area contributed by atoms with E-state index >= 15 is 0 Å². The van der Waals surface area contributed by atoms with E-state index in [0.717, 1.165) is 17.0 Å². The molecule has 2 heterocycles. The molecule has 34 heavy (non-hydrogen) atoms. The molecule has 8 heteroatoms. The van der Waals surface area contributed by atoms with E-state index in [-0.39, 0.29) is 5.56 Å². The summed E-state index contributed by atoms with van der Waals surface area (Å²) in [6.07, 6.45) is 1.63. The van der Waals surface area contributed by atoms with Crippen molar-refractivity contribution in [2.45, 2.75) is 10.9 Å². The van der Waals surface area contributed by atoms with Gasteiger partial charge in [0, 0.05) is 17.4 Å². The molecule has 3 aromatic carbocycles. The van der Waals surface area contributed by atoms with Crippen molar-refractivity contribution >= 4 is 22.7 Å². The maximum Gasteiger partial charge on any atom is 0.266 e. The number of thioether (sulfide) groups is 1. The molecule has 170 valence electrons. The molecule has 0 bridgehead atoms. The van der Waals surface area contributed by atoms with Gasteiger partial charge in [-0.25, -0.2) is 9.97 Å². The molecular weight excluding hydrogens is 450 g/mol. The number of aromatic nitrogens is 3. The van der Waals surface area contributed by atoms with Crippen molar-refractivity contribution in [3.8, 4) is 28.6 Å². The Morgan fingerprint density at radius 3 is 2.50 bits per heavy atom. The predicted molar refractivity (Wildman–Crippen MR) is 132 cm³/mol. The maximum atomic E-state index is 13.4. The lowest BCUT2D eigenvalue weighted by Crippen LogP contribution is -2.21. The van der Waals surface area contributed by atoms with Gasteiger partial charge in [-0.05, 0) is 48.5 Å². The van der Waals surface area contributed by atoms with Crippen LogP contribution in [0.2, 0.25) is 0 Å². The maximum absolute atomic E-state index is 13.4. The number of methoxy groups -OCH3 is 2. The number of hydrogen-bond donors (Lipinski definition) is 0. The minimum atomic E-state index is -0.138. The van der Waals surface area contributed by atoms with Gasteiger partial charge in [0.2, 0.25) is 5.89 Å². The standard InChI is InChI=1S/C26H21N3O4S/c1-31-20-12-10-17(11-13-20)24-27-18(15-33-24)16-34-26-28-23-9-4-3-8-22(23)25(30)29(26)19-6-5-7-21(14-19)32-2/h3-15H,16H2,1-2H3. The SMILES string of the molecule is COc1ccc(-c2nc(CSc3nc4ccccc4c(=O)n3-c3cccc(OC)c3)co2)cc1. The molecule has 0 spiro atoms. The molecule has 0 radical (unpaired) electrons. The number of para-hydroxylation sites is 1. The fourth-order valence-electron chi connectivity index (χ4n) is 3.56. The Kier molecular flexibility index (Phi) is 6.05. The van der Waals surface area contributed by atoms with Gasteiger partial charge in [-0.1, -0.05) is 30.0 Å². The molecule has 0 aliphatic rings. The molecule has 0 fully saturated rings. The van der Waals surface area contributed by atoms with Gasteiger partial charge in [0.1, 0.15) is 17.8 Å². The first-order valence-electron chi connectivity index (χ1n) is 10.5. The van der Waals surface area contributed by atoms with Gasteiger partial charge < -0.3 is 13.9 Å². The Morgan fingerprint density at radius 1 is 0.912 bits per heavy atom. The van der Waals surface area contributed by atoms with E-state index in [4.69, 9.17) is 18.9 Å². The Hall–Kier alpha value is -4.04. The molecule has 0 unspecified atom stereocenters. The van der Waals surface area contributed by atoms with Crippen LogP contribution in [0.1, 0.15) is 5.69 Å². The predicted octanol–water partition coefficient (Wildman–Crippen LogP) is 5.35. The van der Waals surface area contributed by atoms with E-state index < -0.39 is 0 Å². The molecule has 0 saturated heterocycles. The number of oxazole rings is 1. The highest BCUT2D eigenvalue weighted by molar-refractivity contribution is 7.98.